The van der Waals surface area contributed by atoms with Gasteiger partial charge in [-0.3, -0.25) is 4.79 Å². The number of piperidine rings is 1. The standard InChI is InChI=1S/C18H26N2O5S/c1-12(2)16(18(22)23)19-17(21)14-6-8-15(9-7-14)26(24,25)20-10-4-5-13(3)11-20/h6-9,12-13,16H,4-5,10-11H2,1-3H3,(H,19,21)(H,22,23)/t13?,16-/m1/s1. The van der Waals surface area contributed by atoms with Crippen LogP contribution in [0.4, 0.5) is 0 Å². The number of carbonyl (C=O) groups is 2. The van der Waals surface area contributed by atoms with E-state index in [2.05, 4.69) is 5.32 Å². The van der Waals surface area contributed by atoms with Gasteiger partial charge in [0.25, 0.3) is 5.91 Å². The van der Waals surface area contributed by atoms with Gasteiger partial charge in [-0.05, 0) is 48.9 Å². The average Bonchev–Trinajstić information content (AvgIpc) is 2.59. The third-order valence-corrected chi connectivity index (χ3v) is 6.47. The van der Waals surface area contributed by atoms with Crippen molar-refractivity contribution in [3.05, 3.63) is 29.8 Å². The van der Waals surface area contributed by atoms with Gasteiger partial charge < -0.3 is 10.4 Å². The molecule has 1 unspecified atom stereocenters. The summed E-state index contributed by atoms with van der Waals surface area (Å²) in [5.41, 5.74) is 0.225. The molecule has 1 aliphatic rings. The predicted molar refractivity (Wildman–Crippen MR) is 97.3 cm³/mol. The van der Waals surface area contributed by atoms with Crippen molar-refractivity contribution < 1.29 is 23.1 Å². The summed E-state index contributed by atoms with van der Waals surface area (Å²) in [5.74, 6) is -1.59. The van der Waals surface area contributed by atoms with E-state index in [9.17, 15) is 18.0 Å². The first-order valence-electron chi connectivity index (χ1n) is 8.76. The molecule has 0 aromatic heterocycles. The van der Waals surface area contributed by atoms with Crippen LogP contribution in [-0.4, -0.2) is 48.8 Å². The number of hydrogen-bond acceptors (Lipinski definition) is 4. The van der Waals surface area contributed by atoms with E-state index in [0.29, 0.717) is 19.0 Å². The van der Waals surface area contributed by atoms with Gasteiger partial charge in [0, 0.05) is 18.7 Å². The summed E-state index contributed by atoms with van der Waals surface area (Å²) in [5, 5.41) is 11.6. The Bertz CT molecular complexity index is 758. The molecule has 0 saturated carbocycles. The Kier molecular flexibility index (Phi) is 6.41. The van der Waals surface area contributed by atoms with E-state index in [1.807, 2.05) is 6.92 Å². The first-order chi connectivity index (χ1) is 12.1. The molecule has 0 aliphatic carbocycles. The van der Waals surface area contributed by atoms with Crippen LogP contribution in [0.3, 0.4) is 0 Å². The first kappa shape index (κ1) is 20.4. The SMILES string of the molecule is CC1CCCN(S(=O)(=O)c2ccc(C(=O)N[C@@H](C(=O)O)C(C)C)cc2)C1. The molecular formula is C18H26N2O5S. The Morgan fingerprint density at radius 3 is 2.35 bits per heavy atom. The van der Waals surface area contributed by atoms with Gasteiger partial charge in [0.1, 0.15) is 6.04 Å². The number of aliphatic carboxylic acids is 1. The van der Waals surface area contributed by atoms with Crippen LogP contribution in [0.5, 0.6) is 0 Å². The summed E-state index contributed by atoms with van der Waals surface area (Å²) < 4.78 is 26.9. The fourth-order valence-electron chi connectivity index (χ4n) is 3.03. The maximum atomic E-state index is 12.7. The summed E-state index contributed by atoms with van der Waals surface area (Å²) in [6.45, 7) is 6.44. The Balaban J connectivity index is 2.14. The lowest BCUT2D eigenvalue weighted by molar-refractivity contribution is -0.140. The number of carbonyl (C=O) groups excluding carboxylic acids is 1. The molecule has 1 amide bonds. The van der Waals surface area contributed by atoms with Crippen molar-refractivity contribution in [3.8, 4) is 0 Å². The van der Waals surface area contributed by atoms with Crippen LogP contribution in [-0.2, 0) is 14.8 Å². The zero-order valence-corrected chi connectivity index (χ0v) is 16.1. The molecule has 2 N–H and O–H groups in total. The zero-order chi connectivity index (χ0) is 19.5. The van der Waals surface area contributed by atoms with E-state index in [0.717, 1.165) is 12.8 Å². The number of nitrogens with zero attached hydrogens (tertiary/aromatic N) is 1. The van der Waals surface area contributed by atoms with Crippen molar-refractivity contribution in [3.63, 3.8) is 0 Å². The fourth-order valence-corrected chi connectivity index (χ4v) is 4.63. The normalized spacial score (nSPS) is 19.9. The third kappa shape index (κ3) is 4.62. The van der Waals surface area contributed by atoms with Gasteiger partial charge >= 0.3 is 5.97 Å². The summed E-state index contributed by atoms with van der Waals surface area (Å²) in [4.78, 5) is 23.6. The van der Waals surface area contributed by atoms with Crippen LogP contribution in [0.1, 0.15) is 44.0 Å². The molecule has 2 atom stereocenters. The van der Waals surface area contributed by atoms with Gasteiger partial charge in [-0.25, -0.2) is 13.2 Å². The van der Waals surface area contributed by atoms with E-state index < -0.39 is 27.9 Å². The highest BCUT2D eigenvalue weighted by Gasteiger charge is 2.29. The highest BCUT2D eigenvalue weighted by atomic mass is 32.2. The van der Waals surface area contributed by atoms with Gasteiger partial charge in [0.05, 0.1) is 4.90 Å². The molecular weight excluding hydrogens is 356 g/mol. The number of amides is 1. The molecule has 7 nitrogen and oxygen atoms in total. The molecule has 1 aliphatic heterocycles. The minimum Gasteiger partial charge on any atom is -0.480 e. The number of hydrogen-bond donors (Lipinski definition) is 2. The van der Waals surface area contributed by atoms with Gasteiger partial charge in [-0.2, -0.15) is 4.31 Å². The molecule has 26 heavy (non-hydrogen) atoms. The number of rotatable bonds is 6. The van der Waals surface area contributed by atoms with Crippen molar-refractivity contribution >= 4 is 21.9 Å². The van der Waals surface area contributed by atoms with Gasteiger partial charge in [-0.15, -0.1) is 0 Å². The maximum absolute atomic E-state index is 12.7. The van der Waals surface area contributed by atoms with E-state index in [4.69, 9.17) is 5.11 Å². The van der Waals surface area contributed by atoms with Crippen molar-refractivity contribution in [2.45, 2.75) is 44.6 Å². The molecule has 0 spiro atoms. The average molecular weight is 382 g/mol. The summed E-state index contributed by atoms with van der Waals surface area (Å²) >= 11 is 0. The van der Waals surface area contributed by atoms with Crippen LogP contribution < -0.4 is 5.32 Å². The topological polar surface area (TPSA) is 104 Å². The Morgan fingerprint density at radius 2 is 1.85 bits per heavy atom. The molecule has 1 aromatic carbocycles. The van der Waals surface area contributed by atoms with Crippen LogP contribution in [0.25, 0.3) is 0 Å². The second kappa shape index (κ2) is 8.18. The van der Waals surface area contributed by atoms with Crippen molar-refractivity contribution in [2.75, 3.05) is 13.1 Å². The van der Waals surface area contributed by atoms with Crippen LogP contribution in [0, 0.1) is 11.8 Å². The zero-order valence-electron chi connectivity index (χ0n) is 15.3. The molecule has 8 heteroatoms. The number of benzene rings is 1. The van der Waals surface area contributed by atoms with Crippen molar-refractivity contribution in [1.82, 2.24) is 9.62 Å². The van der Waals surface area contributed by atoms with Crippen LogP contribution in [0.2, 0.25) is 0 Å². The molecule has 1 fully saturated rings. The molecule has 1 heterocycles. The number of sulfonamides is 1. The number of carboxylic acids is 1. The van der Waals surface area contributed by atoms with Crippen LogP contribution >= 0.6 is 0 Å². The largest absolute Gasteiger partial charge is 0.480 e. The smallest absolute Gasteiger partial charge is 0.326 e. The third-order valence-electron chi connectivity index (χ3n) is 4.59. The van der Waals surface area contributed by atoms with Gasteiger partial charge in [-0.1, -0.05) is 20.8 Å². The quantitative estimate of drug-likeness (QED) is 0.783. The number of carboxylic acid groups (broad SMARTS) is 1. The first-order valence-corrected chi connectivity index (χ1v) is 10.2. The second-order valence-electron chi connectivity index (χ2n) is 7.17. The van der Waals surface area contributed by atoms with Crippen molar-refractivity contribution in [1.29, 1.82) is 0 Å². The summed E-state index contributed by atoms with van der Waals surface area (Å²) in [7, 11) is -3.58. The lowest BCUT2D eigenvalue weighted by Crippen LogP contribution is -2.44. The maximum Gasteiger partial charge on any atom is 0.326 e. The molecule has 2 rings (SSSR count). The lowest BCUT2D eigenvalue weighted by atomic mass is 10.0. The highest BCUT2D eigenvalue weighted by molar-refractivity contribution is 7.89. The molecule has 1 saturated heterocycles. The summed E-state index contributed by atoms with van der Waals surface area (Å²) in [6, 6.07) is 4.62. The Morgan fingerprint density at radius 1 is 1.23 bits per heavy atom. The molecule has 0 bridgehead atoms. The number of nitrogens with one attached hydrogen (secondary N) is 1. The monoisotopic (exact) mass is 382 g/mol. The Labute approximate surface area is 154 Å². The Hall–Kier alpha value is -1.93. The second-order valence-corrected chi connectivity index (χ2v) is 9.11. The highest BCUT2D eigenvalue weighted by Crippen LogP contribution is 2.23. The predicted octanol–water partition coefficient (Wildman–Crippen LogP) is 1.95. The lowest BCUT2D eigenvalue weighted by Gasteiger charge is -2.30. The van der Waals surface area contributed by atoms with Crippen LogP contribution in [0.15, 0.2) is 29.2 Å². The summed E-state index contributed by atoms with van der Waals surface area (Å²) in [6.07, 6.45) is 1.86. The van der Waals surface area contributed by atoms with E-state index in [1.165, 1.54) is 28.6 Å². The molecule has 144 valence electrons. The van der Waals surface area contributed by atoms with E-state index in [1.54, 1.807) is 13.8 Å². The minimum absolute atomic E-state index is 0.141. The van der Waals surface area contributed by atoms with E-state index >= 15 is 0 Å². The minimum atomic E-state index is -3.58. The molecule has 0 radical (unpaired) electrons. The van der Waals surface area contributed by atoms with Gasteiger partial charge in [0.2, 0.25) is 10.0 Å². The molecule has 1 aromatic rings. The van der Waals surface area contributed by atoms with E-state index in [-0.39, 0.29) is 16.4 Å². The van der Waals surface area contributed by atoms with Gasteiger partial charge in [0.15, 0.2) is 0 Å². The fraction of sp³-hybridized carbons (Fsp3) is 0.556. The van der Waals surface area contributed by atoms with Crippen molar-refractivity contribution in [2.24, 2.45) is 11.8 Å².